The molecule has 2 atom stereocenters. The number of carbonyl (C=O) groups excluding carboxylic acids is 2. The average Bonchev–Trinajstić information content (AvgIpc) is 2.47. The molecule has 5 heteroatoms. The molecule has 0 bridgehead atoms. The first-order valence-corrected chi connectivity index (χ1v) is 8.23. The summed E-state index contributed by atoms with van der Waals surface area (Å²) < 4.78 is 5.39. The SMILES string of the molecule is CCCC1C(=O)NC(C(C)C)C(=O)N1CC1CCOCC1. The zero-order valence-corrected chi connectivity index (χ0v) is 13.4. The summed E-state index contributed by atoms with van der Waals surface area (Å²) in [5.74, 6) is 0.693. The van der Waals surface area contributed by atoms with Crippen LogP contribution in [0.3, 0.4) is 0 Å². The number of hydrogen-bond donors (Lipinski definition) is 1. The minimum absolute atomic E-state index is 0.0159. The van der Waals surface area contributed by atoms with Crippen molar-refractivity contribution in [2.75, 3.05) is 19.8 Å². The molecular weight excluding hydrogens is 268 g/mol. The van der Waals surface area contributed by atoms with Crippen LogP contribution in [-0.2, 0) is 14.3 Å². The molecule has 5 nitrogen and oxygen atoms in total. The first-order valence-electron chi connectivity index (χ1n) is 8.23. The molecule has 0 aliphatic carbocycles. The van der Waals surface area contributed by atoms with Crippen LogP contribution in [0.4, 0.5) is 0 Å². The van der Waals surface area contributed by atoms with Gasteiger partial charge in [0.25, 0.3) is 0 Å². The number of nitrogens with one attached hydrogen (secondary N) is 1. The van der Waals surface area contributed by atoms with E-state index in [0.717, 1.165) is 38.9 Å². The standard InChI is InChI=1S/C16H28N2O3/c1-4-5-13-15(19)17-14(11(2)3)16(20)18(13)10-12-6-8-21-9-7-12/h11-14H,4-10H2,1-3H3,(H,17,19). The summed E-state index contributed by atoms with van der Waals surface area (Å²) >= 11 is 0. The molecule has 2 heterocycles. The topological polar surface area (TPSA) is 58.6 Å². The number of rotatable bonds is 5. The van der Waals surface area contributed by atoms with Crippen molar-refractivity contribution < 1.29 is 14.3 Å². The Balaban J connectivity index is 2.12. The van der Waals surface area contributed by atoms with Gasteiger partial charge in [-0.15, -0.1) is 0 Å². The van der Waals surface area contributed by atoms with Crippen molar-refractivity contribution in [1.29, 1.82) is 0 Å². The Labute approximate surface area is 127 Å². The maximum atomic E-state index is 12.8. The van der Waals surface area contributed by atoms with Crippen LogP contribution in [0.1, 0.15) is 46.5 Å². The van der Waals surface area contributed by atoms with Crippen molar-refractivity contribution in [3.8, 4) is 0 Å². The highest BCUT2D eigenvalue weighted by Gasteiger charge is 2.41. The summed E-state index contributed by atoms with van der Waals surface area (Å²) in [7, 11) is 0. The molecule has 120 valence electrons. The smallest absolute Gasteiger partial charge is 0.246 e. The second kappa shape index (κ2) is 7.25. The molecule has 2 saturated heterocycles. The van der Waals surface area contributed by atoms with Gasteiger partial charge >= 0.3 is 0 Å². The van der Waals surface area contributed by atoms with Gasteiger partial charge in [-0.3, -0.25) is 9.59 Å². The molecule has 2 unspecified atom stereocenters. The van der Waals surface area contributed by atoms with Crippen molar-refractivity contribution in [1.82, 2.24) is 10.2 Å². The maximum Gasteiger partial charge on any atom is 0.246 e. The fourth-order valence-corrected chi connectivity index (χ4v) is 3.22. The molecule has 21 heavy (non-hydrogen) atoms. The molecular formula is C16H28N2O3. The number of hydrogen-bond acceptors (Lipinski definition) is 3. The molecule has 0 spiro atoms. The molecule has 0 aromatic heterocycles. The van der Waals surface area contributed by atoms with Gasteiger partial charge in [-0.05, 0) is 31.1 Å². The predicted molar refractivity (Wildman–Crippen MR) is 80.7 cm³/mol. The Bertz CT molecular complexity index is 378. The Morgan fingerprint density at radius 2 is 1.95 bits per heavy atom. The van der Waals surface area contributed by atoms with Gasteiger partial charge in [-0.2, -0.15) is 0 Å². The Morgan fingerprint density at radius 1 is 1.29 bits per heavy atom. The molecule has 0 aromatic rings. The lowest BCUT2D eigenvalue weighted by Crippen LogP contribution is -2.65. The monoisotopic (exact) mass is 296 g/mol. The lowest BCUT2D eigenvalue weighted by Gasteiger charge is -2.42. The lowest BCUT2D eigenvalue weighted by atomic mass is 9.93. The van der Waals surface area contributed by atoms with E-state index in [1.165, 1.54) is 0 Å². The van der Waals surface area contributed by atoms with E-state index < -0.39 is 0 Å². The summed E-state index contributed by atoms with van der Waals surface area (Å²) in [6, 6.07) is -0.661. The third-order valence-electron chi connectivity index (χ3n) is 4.55. The number of nitrogens with zero attached hydrogens (tertiary/aromatic N) is 1. The van der Waals surface area contributed by atoms with Crippen LogP contribution >= 0.6 is 0 Å². The number of ether oxygens (including phenoxy) is 1. The first kappa shape index (κ1) is 16.3. The molecule has 0 radical (unpaired) electrons. The van der Waals surface area contributed by atoms with Crippen molar-refractivity contribution in [3.05, 3.63) is 0 Å². The zero-order valence-electron chi connectivity index (χ0n) is 13.4. The normalized spacial score (nSPS) is 28.1. The summed E-state index contributed by atoms with van der Waals surface area (Å²) in [6.45, 7) is 8.25. The highest BCUT2D eigenvalue weighted by molar-refractivity contribution is 5.97. The first-order chi connectivity index (χ1) is 10.0. The molecule has 2 rings (SSSR count). The Morgan fingerprint density at radius 3 is 2.52 bits per heavy atom. The van der Waals surface area contributed by atoms with Gasteiger partial charge in [0.1, 0.15) is 12.1 Å². The quantitative estimate of drug-likeness (QED) is 0.837. The highest BCUT2D eigenvalue weighted by atomic mass is 16.5. The van der Waals surface area contributed by atoms with Crippen LogP contribution < -0.4 is 5.32 Å². The van der Waals surface area contributed by atoms with Gasteiger partial charge in [0, 0.05) is 19.8 Å². The van der Waals surface area contributed by atoms with E-state index >= 15 is 0 Å². The molecule has 2 aliphatic heterocycles. The van der Waals surface area contributed by atoms with Crippen molar-refractivity contribution in [2.24, 2.45) is 11.8 Å². The molecule has 0 saturated carbocycles. The van der Waals surface area contributed by atoms with Gasteiger partial charge in [0.15, 0.2) is 0 Å². The third kappa shape index (κ3) is 3.76. The Kier molecular flexibility index (Phi) is 5.62. The van der Waals surface area contributed by atoms with Crippen molar-refractivity contribution in [2.45, 2.75) is 58.5 Å². The van der Waals surface area contributed by atoms with Crippen molar-refractivity contribution in [3.63, 3.8) is 0 Å². The number of amides is 2. The number of carbonyl (C=O) groups is 2. The van der Waals surface area contributed by atoms with E-state index in [0.29, 0.717) is 12.5 Å². The largest absolute Gasteiger partial charge is 0.381 e. The minimum atomic E-state index is -0.370. The van der Waals surface area contributed by atoms with Crippen LogP contribution in [-0.4, -0.2) is 48.6 Å². The molecule has 1 N–H and O–H groups in total. The van der Waals surface area contributed by atoms with Gasteiger partial charge in [-0.1, -0.05) is 27.2 Å². The van der Waals surface area contributed by atoms with Gasteiger partial charge in [0.05, 0.1) is 0 Å². The van der Waals surface area contributed by atoms with E-state index in [1.54, 1.807) is 0 Å². The van der Waals surface area contributed by atoms with E-state index in [1.807, 2.05) is 18.7 Å². The van der Waals surface area contributed by atoms with Crippen LogP contribution in [0, 0.1) is 11.8 Å². The average molecular weight is 296 g/mol. The maximum absolute atomic E-state index is 12.8. The highest BCUT2D eigenvalue weighted by Crippen LogP contribution is 2.23. The lowest BCUT2D eigenvalue weighted by molar-refractivity contribution is -0.152. The predicted octanol–water partition coefficient (Wildman–Crippen LogP) is 1.56. The fourth-order valence-electron chi connectivity index (χ4n) is 3.22. The summed E-state index contributed by atoms with van der Waals surface area (Å²) in [6.07, 6.45) is 3.61. The van der Waals surface area contributed by atoms with Crippen LogP contribution in [0.5, 0.6) is 0 Å². The van der Waals surface area contributed by atoms with Crippen molar-refractivity contribution >= 4 is 11.8 Å². The minimum Gasteiger partial charge on any atom is -0.381 e. The molecule has 2 fully saturated rings. The Hall–Kier alpha value is -1.10. The molecule has 2 amide bonds. The zero-order chi connectivity index (χ0) is 15.4. The van der Waals surface area contributed by atoms with E-state index in [4.69, 9.17) is 4.74 Å². The second-order valence-corrected chi connectivity index (χ2v) is 6.58. The van der Waals surface area contributed by atoms with Crippen LogP contribution in [0.2, 0.25) is 0 Å². The van der Waals surface area contributed by atoms with Gasteiger partial charge in [0.2, 0.25) is 11.8 Å². The van der Waals surface area contributed by atoms with E-state index in [-0.39, 0.29) is 29.8 Å². The summed E-state index contributed by atoms with van der Waals surface area (Å²) in [5, 5.41) is 2.91. The van der Waals surface area contributed by atoms with E-state index in [9.17, 15) is 9.59 Å². The summed E-state index contributed by atoms with van der Waals surface area (Å²) in [5.41, 5.74) is 0. The summed E-state index contributed by atoms with van der Waals surface area (Å²) in [4.78, 5) is 27.0. The van der Waals surface area contributed by atoms with Crippen LogP contribution in [0.25, 0.3) is 0 Å². The molecule has 2 aliphatic rings. The molecule has 0 aromatic carbocycles. The number of piperazine rings is 1. The second-order valence-electron chi connectivity index (χ2n) is 6.58. The van der Waals surface area contributed by atoms with Crippen LogP contribution in [0.15, 0.2) is 0 Å². The van der Waals surface area contributed by atoms with Gasteiger partial charge in [-0.25, -0.2) is 0 Å². The van der Waals surface area contributed by atoms with E-state index in [2.05, 4.69) is 12.2 Å². The fraction of sp³-hybridized carbons (Fsp3) is 0.875. The van der Waals surface area contributed by atoms with Gasteiger partial charge < -0.3 is 15.0 Å². The third-order valence-corrected chi connectivity index (χ3v) is 4.55.